The first-order valence-corrected chi connectivity index (χ1v) is 5.78. The quantitative estimate of drug-likeness (QED) is 0.809. The minimum absolute atomic E-state index is 0.246. The first-order valence-electron chi connectivity index (χ1n) is 5.78. The number of aliphatic carboxylic acids is 1. The Hall–Kier alpha value is -2.09. The molecule has 19 heavy (non-hydrogen) atoms. The number of carbonyl (C=O) groups is 2. The molecule has 0 bridgehead atoms. The van der Waals surface area contributed by atoms with Gasteiger partial charge in [-0.25, -0.2) is 9.59 Å². The van der Waals surface area contributed by atoms with Crippen LogP contribution in [0.1, 0.15) is 6.92 Å². The van der Waals surface area contributed by atoms with Crippen molar-refractivity contribution in [2.45, 2.75) is 12.5 Å². The van der Waals surface area contributed by atoms with Gasteiger partial charge in [-0.3, -0.25) is 4.68 Å². The lowest BCUT2D eigenvalue weighted by Gasteiger charge is -2.46. The average molecular weight is 268 g/mol. The van der Waals surface area contributed by atoms with Gasteiger partial charge in [-0.2, -0.15) is 5.10 Å². The Kier molecular flexibility index (Phi) is 3.43. The van der Waals surface area contributed by atoms with E-state index < -0.39 is 11.6 Å². The van der Waals surface area contributed by atoms with Crippen molar-refractivity contribution in [2.75, 3.05) is 25.0 Å². The molecular formula is C11H16N4O4. The van der Waals surface area contributed by atoms with Crippen molar-refractivity contribution in [3.05, 3.63) is 12.4 Å². The van der Waals surface area contributed by atoms with Gasteiger partial charge in [0.15, 0.2) is 0 Å². The Balaban J connectivity index is 1.79. The molecule has 8 heteroatoms. The minimum Gasteiger partial charge on any atom is -0.480 e. The predicted octanol–water partition coefficient (Wildman–Crippen LogP) is 0.127. The van der Waals surface area contributed by atoms with E-state index in [1.807, 2.05) is 0 Å². The molecule has 0 spiro atoms. The number of nitrogens with zero attached hydrogens (tertiary/aromatic N) is 3. The van der Waals surface area contributed by atoms with Crippen molar-refractivity contribution < 1.29 is 19.4 Å². The van der Waals surface area contributed by atoms with Crippen molar-refractivity contribution in [1.82, 2.24) is 14.7 Å². The summed E-state index contributed by atoms with van der Waals surface area (Å²) in [5.74, 6) is -1.01. The maximum Gasteiger partial charge on any atom is 0.329 e. The Bertz CT molecular complexity index is 493. The average Bonchev–Trinajstić information content (AvgIpc) is 2.68. The molecule has 2 N–H and O–H groups in total. The van der Waals surface area contributed by atoms with E-state index in [4.69, 9.17) is 9.84 Å². The molecule has 2 rings (SSSR count). The van der Waals surface area contributed by atoms with E-state index in [2.05, 4.69) is 10.4 Å². The highest BCUT2D eigenvalue weighted by atomic mass is 16.5. The zero-order chi connectivity index (χ0) is 14.0. The fourth-order valence-corrected chi connectivity index (χ4v) is 1.92. The Morgan fingerprint density at radius 2 is 2.26 bits per heavy atom. The summed E-state index contributed by atoms with van der Waals surface area (Å²) in [6.45, 7) is 2.16. The van der Waals surface area contributed by atoms with Crippen LogP contribution < -0.4 is 5.32 Å². The minimum atomic E-state index is -1.01. The van der Waals surface area contributed by atoms with E-state index in [0.29, 0.717) is 18.8 Å². The number of nitrogens with one attached hydrogen (secondary N) is 1. The van der Waals surface area contributed by atoms with Crippen LogP contribution >= 0.6 is 0 Å². The number of carbonyl (C=O) groups excluding carboxylic acids is 1. The van der Waals surface area contributed by atoms with Crippen LogP contribution in [0.15, 0.2) is 12.4 Å². The van der Waals surface area contributed by atoms with Crippen LogP contribution in [0.2, 0.25) is 0 Å². The molecule has 8 nitrogen and oxygen atoms in total. The number of aromatic nitrogens is 2. The van der Waals surface area contributed by atoms with Gasteiger partial charge in [-0.05, 0) is 6.92 Å². The smallest absolute Gasteiger partial charge is 0.329 e. The van der Waals surface area contributed by atoms with Gasteiger partial charge >= 0.3 is 12.0 Å². The second kappa shape index (κ2) is 4.88. The van der Waals surface area contributed by atoms with E-state index in [9.17, 15) is 9.59 Å². The summed E-state index contributed by atoms with van der Waals surface area (Å²) in [4.78, 5) is 23.8. The van der Waals surface area contributed by atoms with Crippen LogP contribution in [0.4, 0.5) is 10.5 Å². The largest absolute Gasteiger partial charge is 0.480 e. The number of aryl methyl sites for hydroxylation is 1. The molecule has 1 saturated heterocycles. The van der Waals surface area contributed by atoms with Crippen LogP contribution in [0.3, 0.4) is 0 Å². The summed E-state index contributed by atoms with van der Waals surface area (Å²) in [6.07, 6.45) is 3.25. The molecule has 2 heterocycles. The highest BCUT2D eigenvalue weighted by Gasteiger charge is 2.42. The predicted molar refractivity (Wildman–Crippen MR) is 65.8 cm³/mol. The summed E-state index contributed by atoms with van der Waals surface area (Å²) in [6, 6.07) is -0.246. The van der Waals surface area contributed by atoms with Crippen molar-refractivity contribution in [2.24, 2.45) is 7.05 Å². The molecule has 1 aliphatic rings. The van der Waals surface area contributed by atoms with Crippen LogP contribution in [-0.2, 0) is 16.6 Å². The van der Waals surface area contributed by atoms with Crippen LogP contribution in [0.25, 0.3) is 0 Å². The lowest BCUT2D eigenvalue weighted by molar-refractivity contribution is -0.159. The summed E-state index contributed by atoms with van der Waals surface area (Å²) in [5.41, 5.74) is 0.0394. The topological polar surface area (TPSA) is 96.7 Å². The standard InChI is InChI=1S/C11H16N4O4/c1-11(19-5-9(16)17)6-15(7-11)10(18)13-8-3-12-14(2)4-8/h3-4H,5-7H2,1-2H3,(H,13,18)(H,16,17). The molecule has 0 atom stereocenters. The van der Waals surface area contributed by atoms with Crippen molar-refractivity contribution in [1.29, 1.82) is 0 Å². The summed E-state index contributed by atoms with van der Waals surface area (Å²) >= 11 is 0. The Morgan fingerprint density at radius 3 is 2.79 bits per heavy atom. The third kappa shape index (κ3) is 3.22. The highest BCUT2D eigenvalue weighted by molar-refractivity contribution is 5.89. The van der Waals surface area contributed by atoms with E-state index >= 15 is 0 Å². The molecule has 0 aromatic carbocycles. The number of hydrogen-bond donors (Lipinski definition) is 2. The molecule has 0 aliphatic carbocycles. The maximum atomic E-state index is 11.8. The Labute approximate surface area is 109 Å². The lowest BCUT2D eigenvalue weighted by Crippen LogP contribution is -2.64. The normalized spacial score (nSPS) is 16.8. The van der Waals surface area contributed by atoms with Gasteiger partial charge in [0.25, 0.3) is 0 Å². The van der Waals surface area contributed by atoms with E-state index in [1.54, 1.807) is 35.9 Å². The number of urea groups is 1. The number of likely N-dealkylation sites (tertiary alicyclic amines) is 1. The third-order valence-corrected chi connectivity index (χ3v) is 2.84. The van der Waals surface area contributed by atoms with Gasteiger partial charge in [-0.1, -0.05) is 0 Å². The molecule has 0 radical (unpaired) electrons. The molecule has 0 saturated carbocycles. The molecular weight excluding hydrogens is 252 g/mol. The fourth-order valence-electron chi connectivity index (χ4n) is 1.92. The van der Waals surface area contributed by atoms with Gasteiger partial charge in [0, 0.05) is 13.2 Å². The van der Waals surface area contributed by atoms with Gasteiger partial charge in [0.05, 0.1) is 25.0 Å². The van der Waals surface area contributed by atoms with Crippen molar-refractivity contribution >= 4 is 17.7 Å². The lowest BCUT2D eigenvalue weighted by atomic mass is 9.97. The summed E-state index contributed by atoms with van der Waals surface area (Å²) < 4.78 is 6.81. The van der Waals surface area contributed by atoms with Crippen LogP contribution in [0.5, 0.6) is 0 Å². The van der Waals surface area contributed by atoms with E-state index in [-0.39, 0.29) is 12.6 Å². The summed E-state index contributed by atoms with van der Waals surface area (Å²) in [7, 11) is 1.76. The van der Waals surface area contributed by atoms with Gasteiger partial charge in [-0.15, -0.1) is 0 Å². The SMILES string of the molecule is Cn1cc(NC(=O)N2CC(C)(OCC(=O)O)C2)cn1. The molecule has 2 amide bonds. The summed E-state index contributed by atoms with van der Waals surface area (Å²) in [5, 5.41) is 15.2. The first kappa shape index (κ1) is 13.3. The molecule has 1 fully saturated rings. The zero-order valence-electron chi connectivity index (χ0n) is 10.8. The number of hydrogen-bond acceptors (Lipinski definition) is 4. The molecule has 0 unspecified atom stereocenters. The van der Waals surface area contributed by atoms with Crippen molar-refractivity contribution in [3.8, 4) is 0 Å². The Morgan fingerprint density at radius 1 is 1.58 bits per heavy atom. The molecule has 1 aromatic heterocycles. The van der Waals surface area contributed by atoms with E-state index in [0.717, 1.165) is 0 Å². The fraction of sp³-hybridized carbons (Fsp3) is 0.545. The number of carboxylic acids is 1. The van der Waals surface area contributed by atoms with Gasteiger partial charge in [0.1, 0.15) is 12.2 Å². The maximum absolute atomic E-state index is 11.8. The molecule has 1 aliphatic heterocycles. The molecule has 104 valence electrons. The van der Waals surface area contributed by atoms with Crippen LogP contribution in [0, 0.1) is 0 Å². The number of amides is 2. The number of carboxylic acid groups (broad SMARTS) is 1. The van der Waals surface area contributed by atoms with Gasteiger partial charge in [0.2, 0.25) is 0 Å². The second-order valence-corrected chi connectivity index (χ2v) is 4.82. The van der Waals surface area contributed by atoms with E-state index in [1.165, 1.54) is 0 Å². The zero-order valence-corrected chi connectivity index (χ0v) is 10.8. The van der Waals surface area contributed by atoms with Crippen LogP contribution in [-0.4, -0.2) is 57.1 Å². The first-order chi connectivity index (χ1) is 8.88. The monoisotopic (exact) mass is 268 g/mol. The number of anilines is 1. The highest BCUT2D eigenvalue weighted by Crippen LogP contribution is 2.25. The second-order valence-electron chi connectivity index (χ2n) is 4.82. The number of rotatable bonds is 4. The number of ether oxygens (including phenoxy) is 1. The molecule has 1 aromatic rings. The van der Waals surface area contributed by atoms with Crippen molar-refractivity contribution in [3.63, 3.8) is 0 Å². The van der Waals surface area contributed by atoms with Gasteiger partial charge < -0.3 is 20.1 Å². The third-order valence-electron chi connectivity index (χ3n) is 2.84.